The topological polar surface area (TPSA) is 77.9 Å². The number of hydrogen-bond donors (Lipinski definition) is 2. The molecule has 0 radical (unpaired) electrons. The summed E-state index contributed by atoms with van der Waals surface area (Å²) in [7, 11) is 0. The number of aromatic nitrogens is 1. The van der Waals surface area contributed by atoms with Gasteiger partial charge in [0.05, 0.1) is 24.4 Å². The van der Waals surface area contributed by atoms with E-state index in [-0.39, 0.29) is 18.6 Å². The summed E-state index contributed by atoms with van der Waals surface area (Å²) in [5, 5.41) is 13.3. The molecule has 4 rings (SSSR count). The molecule has 0 bridgehead atoms. The van der Waals surface area contributed by atoms with Gasteiger partial charge in [-0.1, -0.05) is 19.1 Å². The van der Waals surface area contributed by atoms with Gasteiger partial charge in [0.15, 0.2) is 0 Å². The van der Waals surface area contributed by atoms with Crippen LogP contribution in [-0.2, 0) is 0 Å². The molecule has 1 amide bonds. The van der Waals surface area contributed by atoms with E-state index in [1.807, 2.05) is 0 Å². The second kappa shape index (κ2) is 11.7. The van der Waals surface area contributed by atoms with Crippen molar-refractivity contribution in [2.24, 2.45) is 5.92 Å². The summed E-state index contributed by atoms with van der Waals surface area (Å²) in [4.78, 5) is 20.3. The molecule has 1 aromatic rings. The standard InChI is InChI=1S/C26H35F3N4O3/c1-18-3-2-4-19-5-8-33(16-24(18)19)15-21(34)13-31-25(35)20-11-23(14-30-12-20)36-22-6-9-32(10-7-22)17-26(27,28)29/h2,4,11-12,14,18,21-22,34H,3,5-10,13,15-17H2,1H3,(H,31,35)/t18?,21-/m0/s1. The number of alkyl halides is 3. The molecule has 2 atom stereocenters. The number of nitrogens with one attached hydrogen (secondary N) is 1. The van der Waals surface area contributed by atoms with Crippen LogP contribution >= 0.6 is 0 Å². The van der Waals surface area contributed by atoms with E-state index in [1.54, 1.807) is 6.07 Å². The number of aliphatic hydroxyl groups excluding tert-OH is 1. The molecule has 36 heavy (non-hydrogen) atoms. The van der Waals surface area contributed by atoms with Crippen molar-refractivity contribution < 1.29 is 27.8 Å². The van der Waals surface area contributed by atoms with Gasteiger partial charge in [-0.15, -0.1) is 0 Å². The number of piperidine rings is 1. The van der Waals surface area contributed by atoms with Gasteiger partial charge in [-0.25, -0.2) is 0 Å². The van der Waals surface area contributed by atoms with E-state index in [0.29, 0.717) is 49.7 Å². The van der Waals surface area contributed by atoms with Gasteiger partial charge in [-0.05, 0) is 48.8 Å². The molecule has 1 aliphatic carbocycles. The zero-order valence-corrected chi connectivity index (χ0v) is 20.6. The average molecular weight is 509 g/mol. The second-order valence-corrected chi connectivity index (χ2v) is 10.1. The fourth-order valence-electron chi connectivity index (χ4n) is 5.15. The summed E-state index contributed by atoms with van der Waals surface area (Å²) >= 11 is 0. The van der Waals surface area contributed by atoms with Crippen LogP contribution in [0.15, 0.2) is 41.8 Å². The minimum absolute atomic E-state index is 0.124. The summed E-state index contributed by atoms with van der Waals surface area (Å²) in [6.07, 6.45) is 5.25. The van der Waals surface area contributed by atoms with Gasteiger partial charge in [-0.2, -0.15) is 13.2 Å². The zero-order chi connectivity index (χ0) is 25.7. The fraction of sp³-hybridized carbons (Fsp3) is 0.615. The first-order valence-corrected chi connectivity index (χ1v) is 12.6. The predicted octanol–water partition coefficient (Wildman–Crippen LogP) is 3.18. The third kappa shape index (κ3) is 7.54. The number of β-amino-alcohol motifs (C(OH)–C–C–N with tert-alkyl or cyclic N) is 1. The van der Waals surface area contributed by atoms with E-state index in [2.05, 4.69) is 34.3 Å². The molecule has 1 saturated heterocycles. The third-order valence-corrected chi connectivity index (χ3v) is 7.09. The molecule has 0 saturated carbocycles. The van der Waals surface area contributed by atoms with Crippen LogP contribution in [0.5, 0.6) is 5.75 Å². The first-order valence-electron chi connectivity index (χ1n) is 12.6. The molecule has 0 spiro atoms. The summed E-state index contributed by atoms with van der Waals surface area (Å²) in [6.45, 7) is 4.30. The Balaban J connectivity index is 1.21. The van der Waals surface area contributed by atoms with E-state index < -0.39 is 18.8 Å². The van der Waals surface area contributed by atoms with Crippen molar-refractivity contribution >= 4 is 5.91 Å². The highest BCUT2D eigenvalue weighted by Gasteiger charge is 2.33. The normalized spacial score (nSPS) is 22.9. The van der Waals surface area contributed by atoms with E-state index in [1.165, 1.54) is 28.4 Å². The Morgan fingerprint density at radius 3 is 2.78 bits per heavy atom. The van der Waals surface area contributed by atoms with E-state index in [4.69, 9.17) is 4.74 Å². The Kier molecular flexibility index (Phi) is 8.69. The van der Waals surface area contributed by atoms with E-state index in [9.17, 15) is 23.1 Å². The monoisotopic (exact) mass is 508 g/mol. The molecule has 2 aliphatic heterocycles. The van der Waals surface area contributed by atoms with Crippen molar-refractivity contribution in [2.45, 2.75) is 51.0 Å². The van der Waals surface area contributed by atoms with Crippen molar-refractivity contribution in [3.63, 3.8) is 0 Å². The number of ether oxygens (including phenoxy) is 1. The molecule has 2 N–H and O–H groups in total. The molecule has 0 aromatic carbocycles. The smallest absolute Gasteiger partial charge is 0.401 e. The number of pyridine rings is 1. The lowest BCUT2D eigenvalue weighted by atomic mass is 9.84. The Morgan fingerprint density at radius 2 is 2.03 bits per heavy atom. The Morgan fingerprint density at radius 1 is 1.25 bits per heavy atom. The van der Waals surface area contributed by atoms with Crippen LogP contribution in [-0.4, -0.2) is 90.0 Å². The highest BCUT2D eigenvalue weighted by molar-refractivity contribution is 5.94. The molecule has 1 unspecified atom stereocenters. The second-order valence-electron chi connectivity index (χ2n) is 10.1. The van der Waals surface area contributed by atoms with Gasteiger partial charge in [0.2, 0.25) is 0 Å². The van der Waals surface area contributed by atoms with Crippen LogP contribution in [0.4, 0.5) is 13.2 Å². The summed E-state index contributed by atoms with van der Waals surface area (Å²) in [5.74, 6) is 0.575. The maximum atomic E-state index is 12.6. The fourth-order valence-corrected chi connectivity index (χ4v) is 5.15. The number of nitrogens with zero attached hydrogens (tertiary/aromatic N) is 3. The molecule has 10 heteroatoms. The highest BCUT2D eigenvalue weighted by atomic mass is 19.4. The van der Waals surface area contributed by atoms with Crippen LogP contribution in [0.3, 0.4) is 0 Å². The van der Waals surface area contributed by atoms with Gasteiger partial charge < -0.3 is 15.2 Å². The first kappa shape index (κ1) is 26.6. The van der Waals surface area contributed by atoms with Crippen molar-refractivity contribution in [3.8, 4) is 5.75 Å². The Bertz CT molecular complexity index is 973. The number of aliphatic hydroxyl groups is 1. The van der Waals surface area contributed by atoms with E-state index >= 15 is 0 Å². The lowest BCUT2D eigenvalue weighted by molar-refractivity contribution is -0.149. The number of likely N-dealkylation sites (tertiary alicyclic amines) is 1. The molecule has 3 heterocycles. The summed E-state index contributed by atoms with van der Waals surface area (Å²) < 4.78 is 43.6. The van der Waals surface area contributed by atoms with Gasteiger partial charge in [0, 0.05) is 45.5 Å². The number of amides is 1. The first-order chi connectivity index (χ1) is 17.2. The molecule has 3 aliphatic rings. The third-order valence-electron chi connectivity index (χ3n) is 7.09. The summed E-state index contributed by atoms with van der Waals surface area (Å²) in [5.41, 5.74) is 3.19. The number of allylic oxidation sites excluding steroid dienone is 2. The Hall–Kier alpha value is -2.43. The molecule has 198 valence electrons. The number of halogens is 3. The lowest BCUT2D eigenvalue weighted by Gasteiger charge is -2.35. The van der Waals surface area contributed by atoms with Gasteiger partial charge in [-0.3, -0.25) is 19.6 Å². The average Bonchev–Trinajstić information content (AvgIpc) is 2.83. The zero-order valence-electron chi connectivity index (χ0n) is 20.6. The minimum atomic E-state index is -4.20. The molecule has 1 fully saturated rings. The maximum absolute atomic E-state index is 12.6. The lowest BCUT2D eigenvalue weighted by Crippen LogP contribution is -2.43. The molecule has 7 nitrogen and oxygen atoms in total. The van der Waals surface area contributed by atoms with Crippen LogP contribution in [0, 0.1) is 5.92 Å². The van der Waals surface area contributed by atoms with Gasteiger partial charge >= 0.3 is 6.18 Å². The van der Waals surface area contributed by atoms with Crippen molar-refractivity contribution in [3.05, 3.63) is 47.3 Å². The van der Waals surface area contributed by atoms with E-state index in [0.717, 1.165) is 25.9 Å². The molecular weight excluding hydrogens is 473 g/mol. The minimum Gasteiger partial charge on any atom is -0.489 e. The van der Waals surface area contributed by atoms with Gasteiger partial charge in [0.1, 0.15) is 11.9 Å². The number of rotatable bonds is 8. The molecular formula is C26H35F3N4O3. The van der Waals surface area contributed by atoms with Crippen LogP contribution in [0.25, 0.3) is 0 Å². The number of hydrogen-bond acceptors (Lipinski definition) is 6. The van der Waals surface area contributed by atoms with Crippen LogP contribution < -0.4 is 10.1 Å². The molecule has 1 aromatic heterocycles. The predicted molar refractivity (Wildman–Crippen MR) is 130 cm³/mol. The maximum Gasteiger partial charge on any atom is 0.401 e. The van der Waals surface area contributed by atoms with Crippen molar-refractivity contribution in [1.29, 1.82) is 0 Å². The largest absolute Gasteiger partial charge is 0.489 e. The SMILES string of the molecule is CC1CC=CC2=C1CN(C[C@@H](O)CNC(=O)c1cncc(OC3CCN(CC(F)(F)F)CC3)c1)CC2. The van der Waals surface area contributed by atoms with Gasteiger partial charge in [0.25, 0.3) is 5.91 Å². The van der Waals surface area contributed by atoms with Crippen LogP contribution in [0.2, 0.25) is 0 Å². The quantitative estimate of drug-likeness (QED) is 0.562. The highest BCUT2D eigenvalue weighted by Crippen LogP contribution is 2.31. The number of carbonyl (C=O) groups excluding carboxylic acids is 1. The summed E-state index contributed by atoms with van der Waals surface area (Å²) in [6, 6.07) is 1.58. The van der Waals surface area contributed by atoms with Crippen LogP contribution in [0.1, 0.15) is 43.0 Å². The van der Waals surface area contributed by atoms with Crippen molar-refractivity contribution in [1.82, 2.24) is 20.1 Å². The van der Waals surface area contributed by atoms with Crippen molar-refractivity contribution in [2.75, 3.05) is 45.8 Å². The Labute approximate surface area is 210 Å². The number of carbonyl (C=O) groups is 1.